The fraction of sp³-hybridized carbons (Fsp3) is 0.250. The Balaban J connectivity index is 3.18. The lowest BCUT2D eigenvalue weighted by atomic mass is 10.2. The van der Waals surface area contributed by atoms with Crippen LogP contribution in [0.15, 0.2) is 6.07 Å². The number of nitrogens with zero attached hydrogens (tertiary/aromatic N) is 2. The van der Waals surface area contributed by atoms with E-state index in [-0.39, 0.29) is 11.4 Å². The number of nitrogens with two attached hydrogens (primary N) is 1. The standard InChI is InChI=1S/C8H6F3N3O2/c1-15-6-4(3-12)2-5(13)7(14-6)16-8(9,10)11/h2H,13H2,1H3. The molecule has 0 aliphatic carbocycles. The Labute approximate surface area is 88.2 Å². The highest BCUT2D eigenvalue weighted by Crippen LogP contribution is 2.30. The monoisotopic (exact) mass is 233 g/mol. The molecule has 1 aromatic heterocycles. The lowest BCUT2D eigenvalue weighted by molar-refractivity contribution is -0.275. The van der Waals surface area contributed by atoms with Crippen molar-refractivity contribution in [2.24, 2.45) is 0 Å². The molecule has 0 radical (unpaired) electrons. The number of hydrogen-bond donors (Lipinski definition) is 1. The second-order valence-electron chi connectivity index (χ2n) is 2.60. The van der Waals surface area contributed by atoms with Gasteiger partial charge in [0.05, 0.1) is 12.8 Å². The summed E-state index contributed by atoms with van der Waals surface area (Å²) in [6.45, 7) is 0. The molecule has 0 spiro atoms. The number of pyridine rings is 1. The van der Waals surface area contributed by atoms with Crippen molar-refractivity contribution in [1.82, 2.24) is 4.98 Å². The first-order chi connectivity index (χ1) is 7.37. The van der Waals surface area contributed by atoms with E-state index < -0.39 is 17.9 Å². The summed E-state index contributed by atoms with van der Waals surface area (Å²) in [4.78, 5) is 3.33. The summed E-state index contributed by atoms with van der Waals surface area (Å²) in [5.74, 6) is -1.13. The van der Waals surface area contributed by atoms with Gasteiger partial charge >= 0.3 is 6.36 Å². The van der Waals surface area contributed by atoms with Gasteiger partial charge in [-0.05, 0) is 6.07 Å². The van der Waals surface area contributed by atoms with E-state index in [1.165, 1.54) is 0 Å². The van der Waals surface area contributed by atoms with Gasteiger partial charge in [0, 0.05) is 0 Å². The SMILES string of the molecule is COc1nc(OC(F)(F)F)c(N)cc1C#N. The molecule has 1 rings (SSSR count). The summed E-state index contributed by atoms with van der Waals surface area (Å²) < 4.78 is 43.9. The zero-order valence-corrected chi connectivity index (χ0v) is 8.00. The molecule has 0 unspecified atom stereocenters. The highest BCUT2D eigenvalue weighted by atomic mass is 19.4. The molecule has 5 nitrogen and oxygen atoms in total. The molecule has 0 aliphatic heterocycles. The second kappa shape index (κ2) is 4.14. The van der Waals surface area contributed by atoms with E-state index in [9.17, 15) is 13.2 Å². The normalized spacial score (nSPS) is 10.7. The van der Waals surface area contributed by atoms with Gasteiger partial charge in [0.1, 0.15) is 11.6 Å². The largest absolute Gasteiger partial charge is 0.574 e. The van der Waals surface area contributed by atoms with Gasteiger partial charge in [0.25, 0.3) is 0 Å². The third-order valence-corrected chi connectivity index (χ3v) is 1.51. The van der Waals surface area contributed by atoms with Crippen LogP contribution in [0.25, 0.3) is 0 Å². The quantitative estimate of drug-likeness (QED) is 0.835. The molecule has 0 saturated heterocycles. The van der Waals surface area contributed by atoms with Crippen molar-refractivity contribution in [2.45, 2.75) is 6.36 Å². The number of anilines is 1. The summed E-state index contributed by atoms with van der Waals surface area (Å²) in [7, 11) is 1.16. The molecule has 0 fully saturated rings. The van der Waals surface area contributed by atoms with Crippen molar-refractivity contribution >= 4 is 5.69 Å². The molecular formula is C8H6F3N3O2. The molecule has 0 saturated carbocycles. The number of alkyl halides is 3. The van der Waals surface area contributed by atoms with Crippen LogP contribution in [0.1, 0.15) is 5.56 Å². The highest BCUT2D eigenvalue weighted by Gasteiger charge is 2.33. The maximum atomic E-state index is 11.9. The molecule has 86 valence electrons. The predicted octanol–water partition coefficient (Wildman–Crippen LogP) is 1.44. The molecule has 0 aliphatic rings. The van der Waals surface area contributed by atoms with Crippen molar-refractivity contribution in [3.8, 4) is 17.8 Å². The average Bonchev–Trinajstić information content (AvgIpc) is 2.18. The van der Waals surface area contributed by atoms with E-state index >= 15 is 0 Å². The highest BCUT2D eigenvalue weighted by molar-refractivity contribution is 5.56. The van der Waals surface area contributed by atoms with Crippen molar-refractivity contribution < 1.29 is 22.6 Å². The minimum Gasteiger partial charge on any atom is -0.480 e. The van der Waals surface area contributed by atoms with E-state index in [4.69, 9.17) is 11.0 Å². The van der Waals surface area contributed by atoms with Gasteiger partial charge in [-0.15, -0.1) is 13.2 Å². The van der Waals surface area contributed by atoms with Gasteiger partial charge in [-0.3, -0.25) is 0 Å². The van der Waals surface area contributed by atoms with E-state index in [1.807, 2.05) is 0 Å². The van der Waals surface area contributed by atoms with Crippen LogP contribution < -0.4 is 15.2 Å². The molecule has 0 amide bonds. The Morgan fingerprint density at radius 2 is 2.06 bits per heavy atom. The van der Waals surface area contributed by atoms with Crippen LogP contribution >= 0.6 is 0 Å². The van der Waals surface area contributed by atoms with Gasteiger partial charge in [0.15, 0.2) is 0 Å². The van der Waals surface area contributed by atoms with Gasteiger partial charge < -0.3 is 15.2 Å². The molecule has 0 aromatic carbocycles. The lowest BCUT2D eigenvalue weighted by Gasteiger charge is -2.11. The maximum Gasteiger partial charge on any atom is 0.574 e. The number of aromatic nitrogens is 1. The summed E-state index contributed by atoms with van der Waals surface area (Å²) >= 11 is 0. The summed E-state index contributed by atoms with van der Waals surface area (Å²) in [6.07, 6.45) is -4.90. The Kier molecular flexibility index (Phi) is 3.08. The zero-order chi connectivity index (χ0) is 12.3. The first-order valence-corrected chi connectivity index (χ1v) is 3.87. The topological polar surface area (TPSA) is 81.2 Å². The number of rotatable bonds is 2. The molecule has 8 heteroatoms. The summed E-state index contributed by atoms with van der Waals surface area (Å²) in [5.41, 5.74) is 4.77. The van der Waals surface area contributed by atoms with Crippen molar-refractivity contribution in [1.29, 1.82) is 5.26 Å². The van der Waals surface area contributed by atoms with Crippen LogP contribution in [0.3, 0.4) is 0 Å². The maximum absolute atomic E-state index is 11.9. The summed E-state index contributed by atoms with van der Waals surface area (Å²) in [6, 6.07) is 2.67. The van der Waals surface area contributed by atoms with Crippen molar-refractivity contribution in [2.75, 3.05) is 12.8 Å². The molecule has 0 bridgehead atoms. The van der Waals surface area contributed by atoms with Gasteiger partial charge in [-0.1, -0.05) is 0 Å². The Morgan fingerprint density at radius 3 is 2.50 bits per heavy atom. The van der Waals surface area contributed by atoms with E-state index in [0.717, 1.165) is 13.2 Å². The van der Waals surface area contributed by atoms with Gasteiger partial charge in [-0.25, -0.2) is 0 Å². The van der Waals surface area contributed by atoms with Crippen LogP contribution in [0.2, 0.25) is 0 Å². The molecule has 1 aromatic rings. The van der Waals surface area contributed by atoms with Crippen molar-refractivity contribution in [3.05, 3.63) is 11.6 Å². The first-order valence-electron chi connectivity index (χ1n) is 3.87. The molecule has 16 heavy (non-hydrogen) atoms. The smallest absolute Gasteiger partial charge is 0.480 e. The number of halogens is 3. The lowest BCUT2D eigenvalue weighted by Crippen LogP contribution is -2.19. The zero-order valence-electron chi connectivity index (χ0n) is 8.00. The van der Waals surface area contributed by atoms with Gasteiger partial charge in [0.2, 0.25) is 11.8 Å². The Hall–Kier alpha value is -2.17. The molecule has 1 heterocycles. The number of nitrogen functional groups attached to an aromatic ring is 1. The molecule has 0 atom stereocenters. The number of methoxy groups -OCH3 is 1. The van der Waals surface area contributed by atoms with Crippen molar-refractivity contribution in [3.63, 3.8) is 0 Å². The van der Waals surface area contributed by atoms with Crippen LogP contribution in [0.4, 0.5) is 18.9 Å². The third-order valence-electron chi connectivity index (χ3n) is 1.51. The molecule has 2 N–H and O–H groups in total. The van der Waals surface area contributed by atoms with E-state index in [0.29, 0.717) is 0 Å². The first kappa shape index (κ1) is 11.9. The number of ether oxygens (including phenoxy) is 2. The number of nitriles is 1. The average molecular weight is 233 g/mol. The Morgan fingerprint density at radius 1 is 1.44 bits per heavy atom. The van der Waals surface area contributed by atoms with Crippen LogP contribution in [-0.4, -0.2) is 18.5 Å². The second-order valence-corrected chi connectivity index (χ2v) is 2.60. The van der Waals surface area contributed by atoms with E-state index in [1.54, 1.807) is 6.07 Å². The van der Waals surface area contributed by atoms with Crippen LogP contribution in [-0.2, 0) is 0 Å². The minimum absolute atomic E-state index is 0.0745. The number of hydrogen-bond acceptors (Lipinski definition) is 5. The van der Waals surface area contributed by atoms with Gasteiger partial charge in [-0.2, -0.15) is 10.2 Å². The van der Waals surface area contributed by atoms with Crippen LogP contribution in [0.5, 0.6) is 11.8 Å². The molecular weight excluding hydrogens is 227 g/mol. The third kappa shape index (κ3) is 2.66. The van der Waals surface area contributed by atoms with Crippen LogP contribution in [0, 0.1) is 11.3 Å². The minimum atomic E-state index is -4.90. The summed E-state index contributed by atoms with van der Waals surface area (Å²) in [5, 5.41) is 8.61. The van der Waals surface area contributed by atoms with E-state index in [2.05, 4.69) is 14.5 Å². The predicted molar refractivity (Wildman–Crippen MR) is 46.6 cm³/mol. The Bertz CT molecular complexity index is 439. The fourth-order valence-electron chi connectivity index (χ4n) is 0.923. The fourth-order valence-corrected chi connectivity index (χ4v) is 0.923.